The third-order valence-corrected chi connectivity index (χ3v) is 8.01. The third-order valence-electron chi connectivity index (χ3n) is 8.01. The molecule has 6 aromatic rings. The first-order valence-electron chi connectivity index (χ1n) is 17.3. The Morgan fingerprint density at radius 1 is 0.444 bits per heavy atom. The molecule has 0 saturated heterocycles. The van der Waals surface area contributed by atoms with Gasteiger partial charge in [-0.3, -0.25) is 0 Å². The van der Waals surface area contributed by atoms with Crippen LogP contribution in [-0.2, 0) is 31.9 Å². The summed E-state index contributed by atoms with van der Waals surface area (Å²) in [5.74, 6) is 3.98. The molecular formula is C46H38O8. The molecular weight excluding hydrogens is 680 g/mol. The minimum Gasteiger partial charge on any atom is -0.462 e. The highest BCUT2D eigenvalue weighted by Crippen LogP contribution is 2.41. The highest BCUT2D eigenvalue weighted by Gasteiger charge is 2.15. The maximum atomic E-state index is 11.4. The molecule has 0 aliphatic heterocycles. The van der Waals surface area contributed by atoms with Crippen molar-refractivity contribution in [2.75, 3.05) is 13.2 Å². The lowest BCUT2D eigenvalue weighted by Crippen LogP contribution is -2.04. The molecule has 6 aromatic carbocycles. The number of ether oxygens (including phenoxy) is 6. The summed E-state index contributed by atoms with van der Waals surface area (Å²) in [5.41, 5.74) is 3.49. The van der Waals surface area contributed by atoms with Crippen LogP contribution >= 0.6 is 0 Å². The highest BCUT2D eigenvalue weighted by molar-refractivity contribution is 5.81. The number of benzene rings is 6. The second-order valence-electron chi connectivity index (χ2n) is 11.9. The van der Waals surface area contributed by atoms with E-state index in [0.29, 0.717) is 58.8 Å². The molecule has 54 heavy (non-hydrogen) atoms. The molecule has 0 unspecified atom stereocenters. The van der Waals surface area contributed by atoms with Crippen LogP contribution in [0, 0.1) is 0 Å². The number of hydrogen-bond donors (Lipinski definition) is 0. The second-order valence-corrected chi connectivity index (χ2v) is 11.9. The summed E-state index contributed by atoms with van der Waals surface area (Å²) >= 11 is 0. The van der Waals surface area contributed by atoms with E-state index in [4.69, 9.17) is 28.4 Å². The topological polar surface area (TPSA) is 89.5 Å². The molecule has 0 heterocycles. The molecule has 0 fully saturated rings. The average Bonchev–Trinajstić information content (AvgIpc) is 3.20. The van der Waals surface area contributed by atoms with Gasteiger partial charge in [-0.1, -0.05) is 73.8 Å². The summed E-state index contributed by atoms with van der Waals surface area (Å²) in [6.07, 6.45) is 3.43. The predicted molar refractivity (Wildman–Crippen MR) is 208 cm³/mol. The predicted octanol–water partition coefficient (Wildman–Crippen LogP) is 11.1. The van der Waals surface area contributed by atoms with Gasteiger partial charge in [-0.2, -0.15) is 0 Å². The Labute approximate surface area is 314 Å². The molecule has 8 nitrogen and oxygen atoms in total. The van der Waals surface area contributed by atoms with Crippen molar-refractivity contribution < 1.29 is 38.0 Å². The van der Waals surface area contributed by atoms with Crippen molar-refractivity contribution in [2.24, 2.45) is 0 Å². The number of carbonyl (C=O) groups excluding carboxylic acids is 2. The fourth-order valence-corrected chi connectivity index (χ4v) is 5.35. The number of hydrogen-bond acceptors (Lipinski definition) is 8. The van der Waals surface area contributed by atoms with E-state index in [1.165, 1.54) is 0 Å². The van der Waals surface area contributed by atoms with Crippen molar-refractivity contribution in [3.63, 3.8) is 0 Å². The smallest absolute Gasteiger partial charge is 0.330 e. The average molecular weight is 719 g/mol. The van der Waals surface area contributed by atoms with E-state index in [2.05, 4.69) is 13.2 Å². The van der Waals surface area contributed by atoms with E-state index < -0.39 is 11.9 Å². The summed E-state index contributed by atoms with van der Waals surface area (Å²) in [7, 11) is 0. The Hall–Kier alpha value is -7.06. The molecule has 0 atom stereocenters. The number of para-hydroxylation sites is 2. The summed E-state index contributed by atoms with van der Waals surface area (Å²) < 4.78 is 35.7. The number of carbonyl (C=O) groups is 2. The van der Waals surface area contributed by atoms with Gasteiger partial charge in [0.1, 0.15) is 46.0 Å². The Kier molecular flexibility index (Phi) is 12.5. The van der Waals surface area contributed by atoms with Crippen molar-refractivity contribution in [2.45, 2.75) is 12.8 Å². The Bertz CT molecular complexity index is 2180. The van der Waals surface area contributed by atoms with E-state index in [1.807, 2.05) is 146 Å². The van der Waals surface area contributed by atoms with Crippen molar-refractivity contribution in [1.29, 1.82) is 0 Å². The van der Waals surface area contributed by atoms with E-state index in [1.54, 1.807) is 0 Å². The molecule has 0 bridgehead atoms. The third kappa shape index (κ3) is 10.7. The molecule has 0 aliphatic rings. The van der Waals surface area contributed by atoms with Crippen molar-refractivity contribution >= 4 is 11.9 Å². The van der Waals surface area contributed by atoms with Gasteiger partial charge in [0.2, 0.25) is 0 Å². The maximum absolute atomic E-state index is 11.4. The van der Waals surface area contributed by atoms with Crippen molar-refractivity contribution in [1.82, 2.24) is 0 Å². The molecule has 0 aromatic heterocycles. The fourth-order valence-electron chi connectivity index (χ4n) is 5.35. The van der Waals surface area contributed by atoms with Crippen LogP contribution in [-0.4, -0.2) is 25.2 Å². The summed E-state index contributed by atoms with van der Waals surface area (Å²) in [5, 5.41) is 0. The summed E-state index contributed by atoms with van der Waals surface area (Å²) in [4.78, 5) is 22.8. The SMILES string of the molecule is C=CC(=O)OCCc1ccc(Oc2cc(Oc3ccccc3)cc(-c3cc(Oc4ccc(CCOC(=O)C=C)cc4)ccc3Oc3ccccc3)c2)cc1. The minimum atomic E-state index is -0.450. The van der Waals surface area contributed by atoms with E-state index in [0.717, 1.165) is 34.4 Å². The van der Waals surface area contributed by atoms with Crippen LogP contribution in [0.4, 0.5) is 0 Å². The normalized spacial score (nSPS) is 10.4. The zero-order valence-electron chi connectivity index (χ0n) is 29.5. The van der Waals surface area contributed by atoms with Gasteiger partial charge >= 0.3 is 11.9 Å². The lowest BCUT2D eigenvalue weighted by Gasteiger charge is -2.17. The Morgan fingerprint density at radius 2 is 0.870 bits per heavy atom. The molecule has 8 heteroatoms. The standard InChI is InChI=1S/C46H38O8/c1-3-45(47)49-27-25-33-15-19-38(20-16-33)51-40-23-24-44(54-37-13-9-6-10-14-37)43(32-40)35-29-41(52-36-11-7-5-8-12-36)31-42(30-35)53-39-21-17-34(18-22-39)26-28-50-46(48)4-2/h3-24,29-32H,1-2,25-28H2. The van der Waals surface area contributed by atoms with Crippen molar-refractivity contribution in [3.8, 4) is 57.1 Å². The first-order chi connectivity index (χ1) is 26.4. The van der Waals surface area contributed by atoms with Gasteiger partial charge in [0.05, 0.1) is 13.2 Å². The van der Waals surface area contributed by atoms with Crippen LogP contribution < -0.4 is 18.9 Å². The van der Waals surface area contributed by atoms with Gasteiger partial charge in [0.15, 0.2) is 0 Å². The van der Waals surface area contributed by atoms with E-state index in [-0.39, 0.29) is 13.2 Å². The zero-order valence-corrected chi connectivity index (χ0v) is 29.5. The molecule has 0 spiro atoms. The summed E-state index contributed by atoms with van der Waals surface area (Å²) in [6, 6.07) is 45.6. The van der Waals surface area contributed by atoms with E-state index >= 15 is 0 Å². The lowest BCUT2D eigenvalue weighted by molar-refractivity contribution is -0.138. The van der Waals surface area contributed by atoms with Gasteiger partial charge in [-0.05, 0) is 95.6 Å². The van der Waals surface area contributed by atoms with Crippen LogP contribution in [0.25, 0.3) is 11.1 Å². The van der Waals surface area contributed by atoms with Crippen molar-refractivity contribution in [3.05, 3.63) is 182 Å². The highest BCUT2D eigenvalue weighted by atomic mass is 16.5. The maximum Gasteiger partial charge on any atom is 0.330 e. The molecule has 0 amide bonds. The van der Waals surface area contributed by atoms with Gasteiger partial charge in [-0.25, -0.2) is 9.59 Å². The van der Waals surface area contributed by atoms with Crippen LogP contribution in [0.2, 0.25) is 0 Å². The molecule has 270 valence electrons. The van der Waals surface area contributed by atoms with Gasteiger partial charge in [0.25, 0.3) is 0 Å². The number of rotatable bonds is 17. The largest absolute Gasteiger partial charge is 0.462 e. The Morgan fingerprint density at radius 3 is 1.35 bits per heavy atom. The lowest BCUT2D eigenvalue weighted by atomic mass is 10.0. The van der Waals surface area contributed by atoms with Gasteiger partial charge < -0.3 is 28.4 Å². The number of esters is 2. The van der Waals surface area contributed by atoms with Crippen LogP contribution in [0.3, 0.4) is 0 Å². The molecule has 0 saturated carbocycles. The van der Waals surface area contributed by atoms with E-state index in [9.17, 15) is 9.59 Å². The fraction of sp³-hybridized carbons (Fsp3) is 0.0870. The molecule has 0 aliphatic carbocycles. The molecule has 0 radical (unpaired) electrons. The zero-order chi connectivity index (χ0) is 37.5. The first kappa shape index (κ1) is 36.7. The first-order valence-corrected chi connectivity index (χ1v) is 17.3. The summed E-state index contributed by atoms with van der Waals surface area (Å²) in [6.45, 7) is 7.36. The van der Waals surface area contributed by atoms with Crippen LogP contribution in [0.5, 0.6) is 46.0 Å². The van der Waals surface area contributed by atoms with Crippen LogP contribution in [0.15, 0.2) is 171 Å². The Balaban J connectivity index is 1.30. The van der Waals surface area contributed by atoms with Gasteiger partial charge in [0, 0.05) is 36.6 Å². The monoisotopic (exact) mass is 718 g/mol. The quantitative estimate of drug-likeness (QED) is 0.0680. The molecule has 6 rings (SSSR count). The van der Waals surface area contributed by atoms with Crippen LogP contribution in [0.1, 0.15) is 11.1 Å². The second kappa shape index (κ2) is 18.4. The van der Waals surface area contributed by atoms with Gasteiger partial charge in [-0.15, -0.1) is 0 Å². The molecule has 0 N–H and O–H groups in total. The minimum absolute atomic E-state index is 0.254.